The maximum atomic E-state index is 11.6. The molecule has 0 saturated heterocycles. The van der Waals surface area contributed by atoms with Gasteiger partial charge in [-0.1, -0.05) is 0 Å². The molecule has 1 amide bonds. The minimum Gasteiger partial charge on any atom is -0.481 e. The maximum Gasteiger partial charge on any atom is 0.309 e. The molecule has 0 bridgehead atoms. The first-order valence-electron chi connectivity index (χ1n) is 5.74. The minimum atomic E-state index is -3.37. The van der Waals surface area contributed by atoms with Crippen LogP contribution in [-0.4, -0.2) is 43.7 Å². The average molecular weight is 294 g/mol. The van der Waals surface area contributed by atoms with Gasteiger partial charge < -0.3 is 10.4 Å². The number of aliphatic carboxylic acids is 1. The van der Waals surface area contributed by atoms with Gasteiger partial charge in [-0.3, -0.25) is 9.59 Å². The molecule has 0 aromatic heterocycles. The number of rotatable bonds is 7. The first kappa shape index (κ1) is 17.8. The smallest absolute Gasteiger partial charge is 0.309 e. The third-order valence-electron chi connectivity index (χ3n) is 2.37. The van der Waals surface area contributed by atoms with Gasteiger partial charge in [0, 0.05) is 18.5 Å². The zero-order chi connectivity index (χ0) is 15.5. The summed E-state index contributed by atoms with van der Waals surface area (Å²) in [7, 11) is -3.37. The summed E-state index contributed by atoms with van der Waals surface area (Å²) in [6.45, 7) is 6.23. The van der Waals surface area contributed by atoms with E-state index in [-0.39, 0.29) is 13.0 Å². The Hall–Kier alpha value is -1.15. The van der Waals surface area contributed by atoms with E-state index in [1.807, 2.05) is 0 Å². The summed E-state index contributed by atoms with van der Waals surface area (Å²) < 4.78 is 24.6. The number of hydrogen-bond donors (Lipinski definition) is 3. The van der Waals surface area contributed by atoms with E-state index in [4.69, 9.17) is 5.11 Å². The topological polar surface area (TPSA) is 113 Å². The molecule has 0 aliphatic heterocycles. The molecule has 0 saturated carbocycles. The van der Waals surface area contributed by atoms with Gasteiger partial charge in [0.1, 0.15) is 0 Å². The molecule has 0 atom stereocenters. The van der Waals surface area contributed by atoms with E-state index in [9.17, 15) is 18.0 Å². The van der Waals surface area contributed by atoms with Crippen LogP contribution in [0.2, 0.25) is 0 Å². The number of carbonyl (C=O) groups is 2. The van der Waals surface area contributed by atoms with Crippen LogP contribution >= 0.6 is 0 Å². The predicted molar refractivity (Wildman–Crippen MR) is 71.1 cm³/mol. The van der Waals surface area contributed by atoms with Gasteiger partial charge >= 0.3 is 5.97 Å². The molecule has 0 rings (SSSR count). The van der Waals surface area contributed by atoms with Crippen molar-refractivity contribution in [1.82, 2.24) is 10.0 Å². The van der Waals surface area contributed by atoms with Crippen molar-refractivity contribution in [2.24, 2.45) is 5.41 Å². The zero-order valence-corrected chi connectivity index (χ0v) is 12.7. The molecular weight excluding hydrogens is 272 g/mol. The maximum absolute atomic E-state index is 11.6. The normalized spacial score (nSPS) is 13.1. The zero-order valence-electron chi connectivity index (χ0n) is 11.9. The quantitative estimate of drug-likeness (QED) is 0.608. The third-order valence-corrected chi connectivity index (χ3v) is 3.29. The van der Waals surface area contributed by atoms with E-state index >= 15 is 0 Å². The molecule has 0 spiro atoms. The molecule has 7 nitrogen and oxygen atoms in total. The van der Waals surface area contributed by atoms with Crippen LogP contribution < -0.4 is 10.0 Å². The molecule has 8 heteroatoms. The lowest BCUT2D eigenvalue weighted by atomic mass is 9.89. The molecule has 0 aliphatic carbocycles. The van der Waals surface area contributed by atoms with Gasteiger partial charge in [-0.15, -0.1) is 0 Å². The first-order valence-corrected chi connectivity index (χ1v) is 7.63. The van der Waals surface area contributed by atoms with Gasteiger partial charge in [-0.2, -0.15) is 0 Å². The molecule has 3 N–H and O–H groups in total. The van der Waals surface area contributed by atoms with Crippen LogP contribution in [0.15, 0.2) is 0 Å². The van der Waals surface area contributed by atoms with E-state index in [1.54, 1.807) is 13.8 Å². The Morgan fingerprint density at radius 2 is 1.63 bits per heavy atom. The Morgan fingerprint density at radius 1 is 1.16 bits per heavy atom. The van der Waals surface area contributed by atoms with Crippen molar-refractivity contribution >= 4 is 21.9 Å². The van der Waals surface area contributed by atoms with Crippen LogP contribution in [0.5, 0.6) is 0 Å². The molecular formula is C11H22N2O5S. The number of sulfonamides is 1. The van der Waals surface area contributed by atoms with E-state index in [0.717, 1.165) is 6.26 Å². The molecule has 112 valence electrons. The van der Waals surface area contributed by atoms with Crippen LogP contribution in [0, 0.1) is 5.41 Å². The fourth-order valence-corrected chi connectivity index (χ4v) is 2.47. The second-order valence-electron chi connectivity index (χ2n) is 5.90. The Balaban J connectivity index is 4.42. The van der Waals surface area contributed by atoms with Crippen LogP contribution in [0.1, 0.15) is 34.1 Å². The Labute approximate surface area is 113 Å². The number of nitrogens with one attached hydrogen (secondary N) is 2. The molecule has 0 aliphatic rings. The number of amides is 1. The minimum absolute atomic E-state index is 0.0780. The SMILES string of the molecule is CC(C)(CNC(=O)CC(C)(C)C(=O)O)NS(C)(=O)=O. The molecule has 0 unspecified atom stereocenters. The summed E-state index contributed by atoms with van der Waals surface area (Å²) in [5, 5.41) is 11.4. The van der Waals surface area contributed by atoms with Crippen LogP contribution in [-0.2, 0) is 19.6 Å². The van der Waals surface area contributed by atoms with Crippen molar-refractivity contribution in [2.45, 2.75) is 39.7 Å². The van der Waals surface area contributed by atoms with Crippen molar-refractivity contribution in [3.63, 3.8) is 0 Å². The Morgan fingerprint density at radius 3 is 2.00 bits per heavy atom. The monoisotopic (exact) mass is 294 g/mol. The van der Waals surface area contributed by atoms with Crippen molar-refractivity contribution < 1.29 is 23.1 Å². The Kier molecular flexibility index (Phi) is 5.52. The highest BCUT2D eigenvalue weighted by molar-refractivity contribution is 7.88. The predicted octanol–water partition coefficient (Wildman–Crippen LogP) is -0.0687. The van der Waals surface area contributed by atoms with E-state index in [1.165, 1.54) is 13.8 Å². The summed E-state index contributed by atoms with van der Waals surface area (Å²) in [6.07, 6.45) is 0.862. The number of hydrogen-bond acceptors (Lipinski definition) is 4. The van der Waals surface area contributed by atoms with Gasteiger partial charge in [-0.05, 0) is 27.7 Å². The van der Waals surface area contributed by atoms with Gasteiger partial charge in [0.2, 0.25) is 15.9 Å². The van der Waals surface area contributed by atoms with E-state index in [2.05, 4.69) is 10.0 Å². The second-order valence-corrected chi connectivity index (χ2v) is 7.65. The number of carboxylic acid groups (broad SMARTS) is 1. The van der Waals surface area contributed by atoms with Crippen molar-refractivity contribution in [2.75, 3.05) is 12.8 Å². The fraction of sp³-hybridized carbons (Fsp3) is 0.818. The van der Waals surface area contributed by atoms with E-state index in [0.29, 0.717) is 0 Å². The summed E-state index contributed by atoms with van der Waals surface area (Å²) in [6, 6.07) is 0. The highest BCUT2D eigenvalue weighted by Crippen LogP contribution is 2.20. The molecule has 0 heterocycles. The molecule has 0 aromatic carbocycles. The van der Waals surface area contributed by atoms with Crippen molar-refractivity contribution in [3.05, 3.63) is 0 Å². The molecule has 0 aromatic rings. The Bertz CT molecular complexity index is 454. The van der Waals surface area contributed by atoms with E-state index < -0.39 is 32.9 Å². The number of carbonyl (C=O) groups excluding carboxylic acids is 1. The summed E-state index contributed by atoms with van der Waals surface area (Å²) >= 11 is 0. The van der Waals surface area contributed by atoms with Crippen molar-refractivity contribution in [3.8, 4) is 0 Å². The van der Waals surface area contributed by atoms with Gasteiger partial charge in [-0.25, -0.2) is 13.1 Å². The standard InChI is InChI=1S/C11H22N2O5S/c1-10(2,9(15)16)6-8(14)12-7-11(3,4)13-19(5,17)18/h13H,6-7H2,1-5H3,(H,12,14)(H,15,16). The van der Waals surface area contributed by atoms with Gasteiger partial charge in [0.25, 0.3) is 0 Å². The molecule has 0 fully saturated rings. The average Bonchev–Trinajstić information content (AvgIpc) is 2.10. The summed E-state index contributed by atoms with van der Waals surface area (Å²) in [5.74, 6) is -1.49. The van der Waals surface area contributed by atoms with Crippen LogP contribution in [0.25, 0.3) is 0 Å². The lowest BCUT2D eigenvalue weighted by molar-refractivity contribution is -0.149. The second kappa shape index (κ2) is 5.87. The van der Waals surface area contributed by atoms with Crippen LogP contribution in [0.4, 0.5) is 0 Å². The lowest BCUT2D eigenvalue weighted by Gasteiger charge is -2.26. The lowest BCUT2D eigenvalue weighted by Crippen LogP contribution is -2.51. The highest BCUT2D eigenvalue weighted by Gasteiger charge is 2.31. The highest BCUT2D eigenvalue weighted by atomic mass is 32.2. The fourth-order valence-electron chi connectivity index (χ4n) is 1.40. The van der Waals surface area contributed by atoms with Crippen molar-refractivity contribution in [1.29, 1.82) is 0 Å². The number of carboxylic acids is 1. The molecule has 19 heavy (non-hydrogen) atoms. The first-order chi connectivity index (χ1) is 8.25. The van der Waals surface area contributed by atoms with Gasteiger partial charge in [0.15, 0.2) is 0 Å². The summed E-state index contributed by atoms with van der Waals surface area (Å²) in [5.41, 5.74) is -1.99. The third kappa shape index (κ3) is 7.78. The summed E-state index contributed by atoms with van der Waals surface area (Å²) in [4.78, 5) is 22.5. The molecule has 0 radical (unpaired) electrons. The van der Waals surface area contributed by atoms with Crippen LogP contribution in [0.3, 0.4) is 0 Å². The van der Waals surface area contributed by atoms with Gasteiger partial charge in [0.05, 0.1) is 11.7 Å². The largest absolute Gasteiger partial charge is 0.481 e.